The highest BCUT2D eigenvalue weighted by atomic mass is 32.1. The van der Waals surface area contributed by atoms with Crippen molar-refractivity contribution in [3.05, 3.63) is 22.4 Å². The van der Waals surface area contributed by atoms with E-state index >= 15 is 0 Å². The average Bonchev–Trinajstić information content (AvgIpc) is 2.62. The maximum absolute atomic E-state index is 5.38. The van der Waals surface area contributed by atoms with E-state index in [1.54, 1.807) is 22.3 Å². The lowest BCUT2D eigenvalue weighted by molar-refractivity contribution is 0.694. The molecule has 0 unspecified atom stereocenters. The number of rotatable bonds is 2. The zero-order valence-corrected chi connectivity index (χ0v) is 7.95. The predicted molar refractivity (Wildman–Crippen MR) is 50.4 cm³/mol. The molecule has 6 heteroatoms. The number of aromatic nitrogens is 4. The first kappa shape index (κ1) is 8.18. The number of hydrogen-bond acceptors (Lipinski definition) is 5. The molecule has 5 nitrogen and oxygen atoms in total. The maximum atomic E-state index is 5.38. The van der Waals surface area contributed by atoms with Crippen LogP contribution in [0.2, 0.25) is 0 Å². The molecule has 0 radical (unpaired) electrons. The van der Waals surface area contributed by atoms with E-state index in [0.717, 1.165) is 9.88 Å². The maximum Gasteiger partial charge on any atom is 0.239 e. The zero-order valence-electron chi connectivity index (χ0n) is 7.14. The molecule has 0 aliphatic carbocycles. The molecule has 68 valence electrons. The first-order chi connectivity index (χ1) is 6.24. The summed E-state index contributed by atoms with van der Waals surface area (Å²) in [6.07, 6.45) is 3.46. The van der Waals surface area contributed by atoms with Gasteiger partial charge in [0, 0.05) is 11.1 Å². The minimum absolute atomic E-state index is 0.307. The first-order valence-electron chi connectivity index (χ1n) is 3.80. The Kier molecular flexibility index (Phi) is 1.97. The van der Waals surface area contributed by atoms with Gasteiger partial charge < -0.3 is 5.73 Å². The van der Waals surface area contributed by atoms with Crippen LogP contribution in [-0.2, 0) is 6.54 Å². The molecule has 0 bridgehead atoms. The molecule has 0 saturated heterocycles. The van der Waals surface area contributed by atoms with Crippen LogP contribution in [0.1, 0.15) is 9.88 Å². The van der Waals surface area contributed by atoms with Crippen molar-refractivity contribution in [3.63, 3.8) is 0 Å². The topological polar surface area (TPSA) is 69.6 Å². The Balaban J connectivity index is 2.14. The fourth-order valence-electron chi connectivity index (χ4n) is 1.02. The lowest BCUT2D eigenvalue weighted by atomic mass is 10.5. The van der Waals surface area contributed by atoms with E-state index in [9.17, 15) is 0 Å². The van der Waals surface area contributed by atoms with E-state index in [2.05, 4.69) is 15.1 Å². The number of nitrogen functional groups attached to an aromatic ring is 1. The van der Waals surface area contributed by atoms with Crippen molar-refractivity contribution >= 4 is 17.3 Å². The molecule has 0 aliphatic rings. The molecule has 13 heavy (non-hydrogen) atoms. The first-order valence-corrected chi connectivity index (χ1v) is 4.62. The third-order valence-corrected chi connectivity index (χ3v) is 2.44. The Morgan fingerprint density at radius 2 is 2.38 bits per heavy atom. The molecule has 0 amide bonds. The average molecular weight is 195 g/mol. The van der Waals surface area contributed by atoms with E-state index in [1.165, 1.54) is 0 Å². The number of nitrogens with two attached hydrogens (primary N) is 1. The van der Waals surface area contributed by atoms with E-state index in [4.69, 9.17) is 5.73 Å². The minimum Gasteiger partial charge on any atom is -0.367 e. The van der Waals surface area contributed by atoms with Gasteiger partial charge in [0.1, 0.15) is 6.33 Å². The summed E-state index contributed by atoms with van der Waals surface area (Å²) < 4.78 is 1.70. The third kappa shape index (κ3) is 1.83. The summed E-state index contributed by atoms with van der Waals surface area (Å²) in [4.78, 5) is 9.13. The van der Waals surface area contributed by atoms with Crippen LogP contribution < -0.4 is 5.73 Å². The minimum atomic E-state index is 0.307. The van der Waals surface area contributed by atoms with Crippen molar-refractivity contribution in [2.75, 3.05) is 5.73 Å². The lowest BCUT2D eigenvalue weighted by Gasteiger charge is -1.93. The van der Waals surface area contributed by atoms with Gasteiger partial charge >= 0.3 is 0 Å². The smallest absolute Gasteiger partial charge is 0.239 e. The number of hydrogen-bond donors (Lipinski definition) is 1. The third-order valence-electron chi connectivity index (χ3n) is 1.54. The molecule has 2 aromatic heterocycles. The summed E-state index contributed by atoms with van der Waals surface area (Å²) in [6, 6.07) is 0. The van der Waals surface area contributed by atoms with Crippen molar-refractivity contribution < 1.29 is 0 Å². The lowest BCUT2D eigenvalue weighted by Crippen LogP contribution is -1.99. The fourth-order valence-corrected chi connectivity index (χ4v) is 1.81. The number of aryl methyl sites for hydroxylation is 1. The van der Waals surface area contributed by atoms with E-state index < -0.39 is 0 Å². The highest BCUT2D eigenvalue weighted by Gasteiger charge is 2.00. The van der Waals surface area contributed by atoms with Gasteiger partial charge in [0.15, 0.2) is 0 Å². The molecule has 0 fully saturated rings. The Bertz CT molecular complexity index is 366. The standard InChI is InChI=1S/C7H9N5S/c1-5-9-2-6(13-5)3-12-4-10-7(8)11-12/h2,4H,3H2,1H3,(H2,8,11). The largest absolute Gasteiger partial charge is 0.367 e. The zero-order chi connectivity index (χ0) is 9.26. The molecule has 2 rings (SSSR count). The quantitative estimate of drug-likeness (QED) is 0.764. The van der Waals surface area contributed by atoms with Crippen LogP contribution in [0.5, 0.6) is 0 Å². The van der Waals surface area contributed by atoms with E-state index in [-0.39, 0.29) is 0 Å². The van der Waals surface area contributed by atoms with Crippen LogP contribution in [0.4, 0.5) is 5.95 Å². The van der Waals surface area contributed by atoms with Crippen molar-refractivity contribution in [2.24, 2.45) is 0 Å². The Morgan fingerprint density at radius 1 is 1.54 bits per heavy atom. The summed E-state index contributed by atoms with van der Waals surface area (Å²) in [5, 5.41) is 5.04. The SMILES string of the molecule is Cc1ncc(Cn2cnc(N)n2)s1. The monoisotopic (exact) mass is 195 g/mol. The Labute approximate surface area is 79.2 Å². The van der Waals surface area contributed by atoms with Crippen LogP contribution in [0.25, 0.3) is 0 Å². The molecule has 2 aromatic rings. The molecule has 0 atom stereocenters. The van der Waals surface area contributed by atoms with Gasteiger partial charge in [-0.3, -0.25) is 0 Å². The molecular formula is C7H9N5S. The van der Waals surface area contributed by atoms with Crippen LogP contribution in [-0.4, -0.2) is 19.7 Å². The second-order valence-corrected chi connectivity index (χ2v) is 3.97. The molecule has 0 spiro atoms. The number of anilines is 1. The highest BCUT2D eigenvalue weighted by Crippen LogP contribution is 2.12. The number of nitrogens with zero attached hydrogens (tertiary/aromatic N) is 4. The summed E-state index contributed by atoms with van der Waals surface area (Å²) in [5.74, 6) is 0.307. The van der Waals surface area contributed by atoms with Gasteiger partial charge in [0.25, 0.3) is 0 Å². The normalized spacial score (nSPS) is 10.5. The van der Waals surface area contributed by atoms with E-state index in [1.807, 2.05) is 13.1 Å². The van der Waals surface area contributed by atoms with E-state index in [0.29, 0.717) is 12.5 Å². The van der Waals surface area contributed by atoms with Gasteiger partial charge in [-0.05, 0) is 6.92 Å². The summed E-state index contributed by atoms with van der Waals surface area (Å²) in [7, 11) is 0. The molecule has 2 heterocycles. The molecule has 0 aliphatic heterocycles. The molecular weight excluding hydrogens is 186 g/mol. The summed E-state index contributed by atoms with van der Waals surface area (Å²) in [5.41, 5.74) is 5.38. The summed E-state index contributed by atoms with van der Waals surface area (Å²) in [6.45, 7) is 2.67. The van der Waals surface area contributed by atoms with Gasteiger partial charge in [-0.15, -0.1) is 16.4 Å². The Hall–Kier alpha value is -1.43. The highest BCUT2D eigenvalue weighted by molar-refractivity contribution is 7.11. The second-order valence-electron chi connectivity index (χ2n) is 2.65. The molecule has 0 saturated carbocycles. The Morgan fingerprint density at radius 3 is 2.92 bits per heavy atom. The van der Waals surface area contributed by atoms with Crippen LogP contribution in [0.3, 0.4) is 0 Å². The van der Waals surface area contributed by atoms with Gasteiger partial charge in [-0.25, -0.2) is 14.6 Å². The number of thiazole rings is 1. The van der Waals surface area contributed by atoms with Crippen LogP contribution in [0, 0.1) is 6.92 Å². The van der Waals surface area contributed by atoms with Crippen molar-refractivity contribution in [1.29, 1.82) is 0 Å². The van der Waals surface area contributed by atoms with Crippen molar-refractivity contribution in [3.8, 4) is 0 Å². The summed E-state index contributed by atoms with van der Waals surface area (Å²) >= 11 is 1.65. The molecule has 2 N–H and O–H groups in total. The van der Waals surface area contributed by atoms with Gasteiger partial charge in [0.2, 0.25) is 5.95 Å². The van der Waals surface area contributed by atoms with Gasteiger partial charge in [-0.2, -0.15) is 0 Å². The molecule has 0 aromatic carbocycles. The second kappa shape index (κ2) is 3.14. The predicted octanol–water partition coefficient (Wildman–Crippen LogP) is 0.674. The van der Waals surface area contributed by atoms with Crippen molar-refractivity contribution in [1.82, 2.24) is 19.7 Å². The van der Waals surface area contributed by atoms with Gasteiger partial charge in [-0.1, -0.05) is 0 Å². The van der Waals surface area contributed by atoms with Crippen LogP contribution >= 0.6 is 11.3 Å². The van der Waals surface area contributed by atoms with Gasteiger partial charge in [0.05, 0.1) is 11.6 Å². The van der Waals surface area contributed by atoms with Crippen LogP contribution in [0.15, 0.2) is 12.5 Å². The van der Waals surface area contributed by atoms with Crippen molar-refractivity contribution in [2.45, 2.75) is 13.5 Å². The fraction of sp³-hybridized carbons (Fsp3) is 0.286.